The molecule has 0 spiro atoms. The molecule has 3 N–H and O–H groups in total. The Hall–Kier alpha value is -3.19. The molecule has 0 aliphatic carbocycles. The molecule has 0 unspecified atom stereocenters. The molecular weight excluding hydrogens is 274 g/mol. The van der Waals surface area contributed by atoms with E-state index in [1.807, 2.05) is 37.3 Å². The van der Waals surface area contributed by atoms with Crippen molar-refractivity contribution in [2.45, 2.75) is 6.92 Å². The van der Waals surface area contributed by atoms with E-state index in [1.165, 1.54) is 0 Å². The number of H-pyrrole nitrogens is 1. The van der Waals surface area contributed by atoms with Crippen molar-refractivity contribution < 1.29 is 9.78 Å². The molecule has 4 nitrogen and oxygen atoms in total. The molecule has 0 aliphatic heterocycles. The van der Waals surface area contributed by atoms with E-state index in [4.69, 9.17) is 11.0 Å². The van der Waals surface area contributed by atoms with Crippen molar-refractivity contribution in [2.75, 3.05) is 0 Å². The molecule has 3 rings (SSSR count). The van der Waals surface area contributed by atoms with Gasteiger partial charge in [-0.3, -0.25) is 4.79 Å². The van der Waals surface area contributed by atoms with Crippen molar-refractivity contribution in [1.82, 2.24) is 0 Å². The lowest BCUT2D eigenvalue weighted by molar-refractivity contribution is -0.348. The number of hydrogen-bond acceptors (Lipinski definition) is 2. The third kappa shape index (κ3) is 2.40. The van der Waals surface area contributed by atoms with Crippen LogP contribution in [0, 0.1) is 18.3 Å². The zero-order chi connectivity index (χ0) is 15.7. The second-order valence-electron chi connectivity index (χ2n) is 5.20. The second kappa shape index (κ2) is 5.30. The minimum Gasteiger partial charge on any atom is -0.360 e. The average molecular weight is 288 g/mol. The van der Waals surface area contributed by atoms with Crippen LogP contribution in [0.4, 0.5) is 0 Å². The van der Waals surface area contributed by atoms with Gasteiger partial charge in [0.1, 0.15) is 0 Å². The van der Waals surface area contributed by atoms with Crippen molar-refractivity contribution in [3.63, 3.8) is 0 Å². The molecule has 0 saturated carbocycles. The summed E-state index contributed by atoms with van der Waals surface area (Å²) in [6, 6.07) is 17.1. The van der Waals surface area contributed by atoms with Crippen LogP contribution in [0.3, 0.4) is 0 Å². The maximum absolute atomic E-state index is 11.6. The number of aromatic amines is 1. The number of amides is 1. The maximum atomic E-state index is 11.6. The first kappa shape index (κ1) is 13.8. The van der Waals surface area contributed by atoms with E-state index in [0.717, 1.165) is 27.6 Å². The lowest BCUT2D eigenvalue weighted by Crippen LogP contribution is -2.24. The molecule has 1 aromatic heterocycles. The summed E-state index contributed by atoms with van der Waals surface area (Å²) in [7, 11) is 0. The van der Waals surface area contributed by atoms with E-state index in [2.05, 4.69) is 11.1 Å². The third-order valence-electron chi connectivity index (χ3n) is 3.61. The number of benzene rings is 2. The molecule has 1 heterocycles. The van der Waals surface area contributed by atoms with Gasteiger partial charge >= 0.3 is 5.91 Å². The fourth-order valence-corrected chi connectivity index (χ4v) is 2.50. The predicted molar refractivity (Wildman–Crippen MR) is 83.9 cm³/mol. The Morgan fingerprint density at radius 3 is 2.50 bits per heavy atom. The lowest BCUT2D eigenvalue weighted by atomic mass is 9.98. The van der Waals surface area contributed by atoms with Gasteiger partial charge in [-0.1, -0.05) is 18.2 Å². The summed E-state index contributed by atoms with van der Waals surface area (Å²) in [6.45, 7) is 1.99. The van der Waals surface area contributed by atoms with E-state index < -0.39 is 5.91 Å². The van der Waals surface area contributed by atoms with Crippen molar-refractivity contribution in [3.05, 3.63) is 65.4 Å². The number of hydrogen-bond donors (Lipinski definition) is 1. The number of nitrogens with one attached hydrogen (secondary N) is 1. The number of carbonyl (C=O) groups excluding carboxylic acids is 1. The van der Waals surface area contributed by atoms with Crippen molar-refractivity contribution >= 4 is 16.8 Å². The number of pyridine rings is 1. The van der Waals surface area contributed by atoms with Crippen LogP contribution in [0.25, 0.3) is 22.0 Å². The second-order valence-corrected chi connectivity index (χ2v) is 5.20. The van der Waals surface area contributed by atoms with Crippen molar-refractivity contribution in [3.8, 4) is 17.2 Å². The van der Waals surface area contributed by atoms with Gasteiger partial charge in [-0.2, -0.15) is 5.26 Å². The Labute approximate surface area is 127 Å². The Morgan fingerprint density at radius 1 is 1.14 bits per heavy atom. The fourth-order valence-electron chi connectivity index (χ4n) is 2.50. The highest BCUT2D eigenvalue weighted by Gasteiger charge is 2.16. The predicted octanol–water partition coefficient (Wildman–Crippen LogP) is 2.60. The SMILES string of the molecule is Cc1ccc2c(-c3ccc(C#N)cc3)cc(C(N)=O)[nH+]c2c1. The molecular formula is C18H14N3O+. The Balaban J connectivity index is 2.30. The average Bonchev–Trinajstić information content (AvgIpc) is 2.53. The molecule has 1 amide bonds. The smallest absolute Gasteiger partial charge is 0.313 e. The first-order valence-electron chi connectivity index (χ1n) is 6.85. The summed E-state index contributed by atoms with van der Waals surface area (Å²) in [4.78, 5) is 14.6. The van der Waals surface area contributed by atoms with Crippen LogP contribution in [0.15, 0.2) is 48.5 Å². The molecule has 4 heteroatoms. The van der Waals surface area contributed by atoms with Crippen LogP contribution in [-0.2, 0) is 0 Å². The Morgan fingerprint density at radius 2 is 1.86 bits per heavy atom. The third-order valence-corrected chi connectivity index (χ3v) is 3.61. The number of aromatic nitrogens is 1. The van der Waals surface area contributed by atoms with Gasteiger partial charge in [0.2, 0.25) is 5.52 Å². The highest BCUT2D eigenvalue weighted by Crippen LogP contribution is 2.28. The van der Waals surface area contributed by atoms with Gasteiger partial charge in [0.25, 0.3) is 5.69 Å². The summed E-state index contributed by atoms with van der Waals surface area (Å²) < 4.78 is 0. The normalized spacial score (nSPS) is 10.4. The Kier molecular flexibility index (Phi) is 3.32. The quantitative estimate of drug-likeness (QED) is 0.786. The highest BCUT2D eigenvalue weighted by atomic mass is 16.1. The number of nitrogens with two attached hydrogens (primary N) is 1. The first-order chi connectivity index (χ1) is 10.6. The van der Waals surface area contributed by atoms with Crippen LogP contribution in [0.5, 0.6) is 0 Å². The topological polar surface area (TPSA) is 81.0 Å². The van der Waals surface area contributed by atoms with E-state index in [0.29, 0.717) is 11.3 Å². The van der Waals surface area contributed by atoms with Crippen molar-refractivity contribution in [2.24, 2.45) is 5.73 Å². The number of carbonyl (C=O) groups is 1. The monoisotopic (exact) mass is 288 g/mol. The molecule has 0 atom stereocenters. The van der Waals surface area contributed by atoms with Crippen molar-refractivity contribution in [1.29, 1.82) is 5.26 Å². The van der Waals surface area contributed by atoms with E-state index in [-0.39, 0.29) is 0 Å². The number of nitriles is 1. The molecule has 0 fully saturated rings. The number of nitrogens with zero attached hydrogens (tertiary/aromatic N) is 1. The molecule has 3 aromatic rings. The minimum atomic E-state index is -0.502. The summed E-state index contributed by atoms with van der Waals surface area (Å²) in [5.41, 5.74) is 10.2. The summed E-state index contributed by atoms with van der Waals surface area (Å²) in [5, 5.41) is 9.90. The molecule has 0 bridgehead atoms. The summed E-state index contributed by atoms with van der Waals surface area (Å²) >= 11 is 0. The lowest BCUT2D eigenvalue weighted by Gasteiger charge is -2.06. The standard InChI is InChI=1S/C18H13N3O/c1-11-2-7-14-15(13-5-3-12(10-19)4-6-13)9-17(18(20)22)21-16(14)8-11/h2-9H,1H3,(H2,20,22)/p+1. The van der Waals surface area contributed by atoms with E-state index >= 15 is 0 Å². The number of primary amides is 1. The van der Waals surface area contributed by atoms with Crippen LogP contribution >= 0.6 is 0 Å². The minimum absolute atomic E-state index is 0.359. The van der Waals surface area contributed by atoms with Gasteiger partial charge in [-0.05, 0) is 36.2 Å². The number of rotatable bonds is 2. The van der Waals surface area contributed by atoms with Gasteiger partial charge < -0.3 is 5.73 Å². The Bertz CT molecular complexity index is 921. The number of aryl methyl sites for hydroxylation is 1. The highest BCUT2D eigenvalue weighted by molar-refractivity contribution is 5.98. The molecule has 22 heavy (non-hydrogen) atoms. The fraction of sp³-hybridized carbons (Fsp3) is 0.0556. The van der Waals surface area contributed by atoms with Gasteiger partial charge in [-0.25, -0.2) is 4.98 Å². The van der Waals surface area contributed by atoms with Crippen LogP contribution in [-0.4, -0.2) is 5.91 Å². The first-order valence-corrected chi connectivity index (χ1v) is 6.85. The van der Waals surface area contributed by atoms with Crippen LogP contribution in [0.1, 0.15) is 21.6 Å². The summed E-state index contributed by atoms with van der Waals surface area (Å²) in [6.07, 6.45) is 0. The number of fused-ring (bicyclic) bond motifs is 1. The van der Waals surface area contributed by atoms with Gasteiger partial charge in [0.05, 0.1) is 17.0 Å². The summed E-state index contributed by atoms with van der Waals surface area (Å²) in [5.74, 6) is -0.502. The maximum Gasteiger partial charge on any atom is 0.313 e. The van der Waals surface area contributed by atoms with Gasteiger partial charge in [0, 0.05) is 17.7 Å². The van der Waals surface area contributed by atoms with Gasteiger partial charge in [-0.15, -0.1) is 0 Å². The van der Waals surface area contributed by atoms with E-state index in [9.17, 15) is 4.79 Å². The zero-order valence-electron chi connectivity index (χ0n) is 12.1. The molecule has 0 aliphatic rings. The van der Waals surface area contributed by atoms with Gasteiger partial charge in [0.15, 0.2) is 0 Å². The molecule has 106 valence electrons. The largest absolute Gasteiger partial charge is 0.360 e. The zero-order valence-corrected chi connectivity index (χ0v) is 12.1. The van der Waals surface area contributed by atoms with Crippen LogP contribution < -0.4 is 10.7 Å². The van der Waals surface area contributed by atoms with Crippen LogP contribution in [0.2, 0.25) is 0 Å². The molecule has 0 radical (unpaired) electrons. The molecule has 0 saturated heterocycles. The molecule has 2 aromatic carbocycles. The van der Waals surface area contributed by atoms with E-state index in [1.54, 1.807) is 18.2 Å².